The highest BCUT2D eigenvalue weighted by atomic mass is 16.6. The number of nitrogens with one attached hydrogen (secondary N) is 1. The smallest absolute Gasteiger partial charge is 0.280 e. The van der Waals surface area contributed by atoms with E-state index in [2.05, 4.69) is 10.5 Å². The second-order valence-corrected chi connectivity index (χ2v) is 4.61. The maximum absolute atomic E-state index is 11.0. The molecule has 0 unspecified atom stereocenters. The Morgan fingerprint density at radius 1 is 1.42 bits per heavy atom. The van der Waals surface area contributed by atoms with Crippen LogP contribution in [0.25, 0.3) is 11.3 Å². The van der Waals surface area contributed by atoms with Crippen LogP contribution in [0.5, 0.6) is 0 Å². The van der Waals surface area contributed by atoms with E-state index in [1.807, 2.05) is 0 Å². The molecule has 1 aromatic carbocycles. The van der Waals surface area contributed by atoms with Crippen LogP contribution < -0.4 is 5.32 Å². The van der Waals surface area contributed by atoms with Crippen LogP contribution in [-0.4, -0.2) is 16.1 Å². The third-order valence-electron chi connectivity index (χ3n) is 3.15. The van der Waals surface area contributed by atoms with Gasteiger partial charge in [0, 0.05) is 24.2 Å². The van der Waals surface area contributed by atoms with E-state index in [1.54, 1.807) is 24.4 Å². The van der Waals surface area contributed by atoms with Gasteiger partial charge in [-0.2, -0.15) is 0 Å². The summed E-state index contributed by atoms with van der Waals surface area (Å²) in [6.07, 6.45) is 3.99. The van der Waals surface area contributed by atoms with Crippen molar-refractivity contribution in [2.75, 3.05) is 0 Å². The zero-order chi connectivity index (χ0) is 13.2. The molecule has 6 nitrogen and oxygen atoms in total. The lowest BCUT2D eigenvalue weighted by Crippen LogP contribution is -2.15. The predicted molar refractivity (Wildman–Crippen MR) is 68.5 cm³/mol. The van der Waals surface area contributed by atoms with Crippen LogP contribution in [0.15, 0.2) is 35.0 Å². The Bertz CT molecular complexity index is 605. The molecule has 6 heteroatoms. The molecule has 1 N–H and O–H groups in total. The van der Waals surface area contributed by atoms with Gasteiger partial charge < -0.3 is 9.84 Å². The van der Waals surface area contributed by atoms with Crippen LogP contribution in [0.3, 0.4) is 0 Å². The molecule has 0 spiro atoms. The summed E-state index contributed by atoms with van der Waals surface area (Å²) in [6, 6.07) is 7.10. The zero-order valence-corrected chi connectivity index (χ0v) is 10.2. The van der Waals surface area contributed by atoms with E-state index in [-0.39, 0.29) is 5.69 Å². The molecule has 19 heavy (non-hydrogen) atoms. The molecular weight excluding hydrogens is 246 g/mol. The number of nitro benzene ring substituents is 1. The number of benzene rings is 1. The summed E-state index contributed by atoms with van der Waals surface area (Å²) >= 11 is 0. The first kappa shape index (κ1) is 11.9. The molecule has 3 rings (SSSR count). The van der Waals surface area contributed by atoms with Crippen molar-refractivity contribution in [1.29, 1.82) is 0 Å². The van der Waals surface area contributed by atoms with Gasteiger partial charge in [0.2, 0.25) is 0 Å². The van der Waals surface area contributed by atoms with Gasteiger partial charge in [-0.25, -0.2) is 0 Å². The normalized spacial score (nSPS) is 14.5. The fraction of sp³-hybridized carbons (Fsp3) is 0.308. The van der Waals surface area contributed by atoms with E-state index in [9.17, 15) is 10.1 Å². The highest BCUT2D eigenvalue weighted by molar-refractivity contribution is 5.71. The molecule has 0 amide bonds. The second kappa shape index (κ2) is 4.81. The van der Waals surface area contributed by atoms with Gasteiger partial charge >= 0.3 is 0 Å². The fourth-order valence-electron chi connectivity index (χ4n) is 1.97. The average Bonchev–Trinajstić information content (AvgIpc) is 3.13. The Morgan fingerprint density at radius 2 is 2.21 bits per heavy atom. The molecule has 1 saturated carbocycles. The second-order valence-electron chi connectivity index (χ2n) is 4.61. The molecule has 0 atom stereocenters. The zero-order valence-electron chi connectivity index (χ0n) is 10.2. The summed E-state index contributed by atoms with van der Waals surface area (Å²) < 4.78 is 5.20. The standard InChI is InChI=1S/C13H13N3O3/c17-16(18)12-4-2-1-3-11(12)13-9(8-15-19-13)7-14-10-5-6-10/h1-4,8,10,14H,5-7H2. The Morgan fingerprint density at radius 3 is 2.95 bits per heavy atom. The maximum Gasteiger partial charge on any atom is 0.280 e. The molecular formula is C13H13N3O3. The Kier molecular flexibility index (Phi) is 3.00. The summed E-state index contributed by atoms with van der Waals surface area (Å²) in [7, 11) is 0. The van der Waals surface area contributed by atoms with Gasteiger partial charge in [0.05, 0.1) is 16.7 Å². The minimum atomic E-state index is -0.407. The van der Waals surface area contributed by atoms with Gasteiger partial charge in [0.15, 0.2) is 5.76 Å². The van der Waals surface area contributed by atoms with Crippen molar-refractivity contribution in [2.24, 2.45) is 0 Å². The number of hydrogen-bond acceptors (Lipinski definition) is 5. The van der Waals surface area contributed by atoms with Crippen molar-refractivity contribution in [3.05, 3.63) is 46.1 Å². The summed E-state index contributed by atoms with van der Waals surface area (Å²) in [5.41, 5.74) is 1.35. The van der Waals surface area contributed by atoms with Crippen LogP contribution in [0.4, 0.5) is 5.69 Å². The molecule has 1 aromatic heterocycles. The largest absolute Gasteiger partial charge is 0.356 e. The number of nitrogens with zero attached hydrogens (tertiary/aromatic N) is 2. The van der Waals surface area contributed by atoms with E-state index < -0.39 is 4.92 Å². The van der Waals surface area contributed by atoms with Crippen LogP contribution in [0.2, 0.25) is 0 Å². The molecule has 0 radical (unpaired) electrons. The van der Waals surface area contributed by atoms with E-state index in [1.165, 1.54) is 18.9 Å². The molecule has 1 aliphatic rings. The molecule has 1 aliphatic carbocycles. The minimum absolute atomic E-state index is 0.0342. The lowest BCUT2D eigenvalue weighted by Gasteiger charge is -2.03. The molecule has 2 aromatic rings. The number of para-hydroxylation sites is 1. The third kappa shape index (κ3) is 2.48. The number of rotatable bonds is 5. The molecule has 98 valence electrons. The van der Waals surface area contributed by atoms with E-state index in [0.29, 0.717) is 23.9 Å². The van der Waals surface area contributed by atoms with Gasteiger partial charge in [-0.05, 0) is 18.9 Å². The van der Waals surface area contributed by atoms with Crippen LogP contribution >= 0.6 is 0 Å². The van der Waals surface area contributed by atoms with E-state index in [4.69, 9.17) is 4.52 Å². The maximum atomic E-state index is 11.0. The summed E-state index contributed by atoms with van der Waals surface area (Å²) in [4.78, 5) is 10.6. The molecule has 0 bridgehead atoms. The number of hydrogen-bond donors (Lipinski definition) is 1. The molecule has 0 aliphatic heterocycles. The van der Waals surface area contributed by atoms with Crippen molar-refractivity contribution in [1.82, 2.24) is 10.5 Å². The first-order chi connectivity index (χ1) is 9.25. The van der Waals surface area contributed by atoms with Crippen molar-refractivity contribution < 1.29 is 9.45 Å². The van der Waals surface area contributed by atoms with Gasteiger partial charge in [0.25, 0.3) is 5.69 Å². The predicted octanol–water partition coefficient (Wildman–Crippen LogP) is 2.50. The lowest BCUT2D eigenvalue weighted by atomic mass is 10.1. The summed E-state index contributed by atoms with van der Waals surface area (Å²) in [5, 5.41) is 18.1. The molecule has 1 heterocycles. The first-order valence-electron chi connectivity index (χ1n) is 6.16. The Balaban J connectivity index is 1.92. The van der Waals surface area contributed by atoms with Crippen LogP contribution in [-0.2, 0) is 6.54 Å². The first-order valence-corrected chi connectivity index (χ1v) is 6.16. The van der Waals surface area contributed by atoms with Gasteiger partial charge in [0.1, 0.15) is 0 Å². The molecule has 0 saturated heterocycles. The minimum Gasteiger partial charge on any atom is -0.356 e. The van der Waals surface area contributed by atoms with Crippen LogP contribution in [0, 0.1) is 10.1 Å². The topological polar surface area (TPSA) is 81.2 Å². The summed E-state index contributed by atoms with van der Waals surface area (Å²) in [6.45, 7) is 0.621. The van der Waals surface area contributed by atoms with E-state index >= 15 is 0 Å². The van der Waals surface area contributed by atoms with Crippen molar-refractivity contribution >= 4 is 5.69 Å². The third-order valence-corrected chi connectivity index (χ3v) is 3.15. The van der Waals surface area contributed by atoms with Crippen molar-refractivity contribution in [3.8, 4) is 11.3 Å². The number of nitro groups is 1. The highest BCUT2D eigenvalue weighted by Gasteiger charge is 2.24. The Labute approximate surface area is 109 Å². The van der Waals surface area contributed by atoms with E-state index in [0.717, 1.165) is 5.56 Å². The van der Waals surface area contributed by atoms with Crippen molar-refractivity contribution in [2.45, 2.75) is 25.4 Å². The average molecular weight is 259 g/mol. The van der Waals surface area contributed by atoms with Crippen molar-refractivity contribution in [3.63, 3.8) is 0 Å². The van der Waals surface area contributed by atoms with Gasteiger partial charge in [-0.15, -0.1) is 0 Å². The monoisotopic (exact) mass is 259 g/mol. The lowest BCUT2D eigenvalue weighted by molar-refractivity contribution is -0.384. The quantitative estimate of drug-likeness (QED) is 0.659. The fourth-order valence-corrected chi connectivity index (χ4v) is 1.97. The van der Waals surface area contributed by atoms with Gasteiger partial charge in [-0.1, -0.05) is 17.3 Å². The SMILES string of the molecule is O=[N+]([O-])c1ccccc1-c1oncc1CNC1CC1. The van der Waals surface area contributed by atoms with Crippen LogP contribution in [0.1, 0.15) is 18.4 Å². The Hall–Kier alpha value is -2.21. The molecule has 1 fully saturated rings. The summed E-state index contributed by atoms with van der Waals surface area (Å²) in [5.74, 6) is 0.473. The number of aromatic nitrogens is 1. The highest BCUT2D eigenvalue weighted by Crippen LogP contribution is 2.32. The van der Waals surface area contributed by atoms with Gasteiger partial charge in [-0.3, -0.25) is 10.1 Å².